The fourth-order valence-corrected chi connectivity index (χ4v) is 6.60. The van der Waals surface area contributed by atoms with E-state index in [0.29, 0.717) is 10.8 Å². The Morgan fingerprint density at radius 3 is 2.31 bits per heavy atom. The summed E-state index contributed by atoms with van der Waals surface area (Å²) in [5, 5.41) is 3.66. The number of methoxy groups -OCH3 is 1. The van der Waals surface area contributed by atoms with E-state index < -0.39 is 28.5 Å². The van der Waals surface area contributed by atoms with Gasteiger partial charge in [-0.3, -0.25) is 13.9 Å². The minimum absolute atomic E-state index is 0.0519. The molecule has 0 aliphatic heterocycles. The molecule has 0 radical (unpaired) electrons. The number of hydrogen-bond donors (Lipinski definition) is 1. The summed E-state index contributed by atoms with van der Waals surface area (Å²) in [5.41, 5.74) is 1.94. The molecule has 0 spiro atoms. The molecule has 3 aromatic rings. The highest BCUT2D eigenvalue weighted by Gasteiger charge is 2.33. The van der Waals surface area contributed by atoms with Crippen molar-refractivity contribution in [2.45, 2.75) is 69.5 Å². The number of nitrogens with one attached hydrogen (secondary N) is 1. The third-order valence-electron chi connectivity index (χ3n) is 7.61. The molecule has 8 nitrogen and oxygen atoms in total. The zero-order valence-corrected chi connectivity index (χ0v) is 25.8. The lowest BCUT2D eigenvalue weighted by molar-refractivity contribution is -0.139. The van der Waals surface area contributed by atoms with Crippen molar-refractivity contribution in [3.05, 3.63) is 88.9 Å². The summed E-state index contributed by atoms with van der Waals surface area (Å²) in [6, 6.07) is 19.3. The lowest BCUT2D eigenvalue weighted by atomic mass is 9.95. The van der Waals surface area contributed by atoms with Crippen LogP contribution in [-0.2, 0) is 26.2 Å². The van der Waals surface area contributed by atoms with Gasteiger partial charge < -0.3 is 15.0 Å². The zero-order valence-electron chi connectivity index (χ0n) is 24.3. The van der Waals surface area contributed by atoms with E-state index in [9.17, 15) is 18.0 Å². The maximum absolute atomic E-state index is 14.1. The second-order valence-electron chi connectivity index (χ2n) is 10.7. The van der Waals surface area contributed by atoms with E-state index in [4.69, 9.17) is 16.3 Å². The second kappa shape index (κ2) is 14.1. The molecule has 224 valence electrons. The minimum atomic E-state index is -4.16. The molecule has 0 bridgehead atoms. The lowest BCUT2D eigenvalue weighted by Crippen LogP contribution is -2.53. The molecule has 1 saturated carbocycles. The number of nitrogens with zero attached hydrogens (tertiary/aromatic N) is 2. The van der Waals surface area contributed by atoms with Crippen molar-refractivity contribution in [2.24, 2.45) is 0 Å². The Labute approximate surface area is 253 Å². The number of amides is 2. The quantitative estimate of drug-likeness (QED) is 0.299. The van der Waals surface area contributed by atoms with Gasteiger partial charge in [-0.1, -0.05) is 66.8 Å². The molecular weight excluding hydrogens is 574 g/mol. The van der Waals surface area contributed by atoms with E-state index in [1.807, 2.05) is 6.92 Å². The second-order valence-corrected chi connectivity index (χ2v) is 13.0. The highest BCUT2D eigenvalue weighted by atomic mass is 35.5. The van der Waals surface area contributed by atoms with Gasteiger partial charge in [0.2, 0.25) is 11.8 Å². The van der Waals surface area contributed by atoms with Gasteiger partial charge in [-0.15, -0.1) is 0 Å². The Hall–Kier alpha value is -3.56. The summed E-state index contributed by atoms with van der Waals surface area (Å²) >= 11 is 6.08. The molecule has 1 aliphatic carbocycles. The summed E-state index contributed by atoms with van der Waals surface area (Å²) in [4.78, 5) is 29.0. The van der Waals surface area contributed by atoms with Gasteiger partial charge in [0.25, 0.3) is 10.0 Å². The van der Waals surface area contributed by atoms with Gasteiger partial charge in [-0.05, 0) is 68.7 Å². The largest absolute Gasteiger partial charge is 0.497 e. The van der Waals surface area contributed by atoms with E-state index in [1.54, 1.807) is 67.6 Å². The predicted molar refractivity (Wildman–Crippen MR) is 165 cm³/mol. The number of benzene rings is 3. The number of sulfonamides is 1. The number of halogens is 1. The third kappa shape index (κ3) is 7.83. The van der Waals surface area contributed by atoms with E-state index in [2.05, 4.69) is 5.32 Å². The van der Waals surface area contributed by atoms with Gasteiger partial charge in [0.15, 0.2) is 0 Å². The predicted octanol–water partition coefficient (Wildman–Crippen LogP) is 5.72. The number of aryl methyl sites for hydroxylation is 1. The van der Waals surface area contributed by atoms with Crippen LogP contribution in [0.2, 0.25) is 5.02 Å². The summed E-state index contributed by atoms with van der Waals surface area (Å²) < 4.78 is 34.4. The number of carbonyl (C=O) groups is 2. The molecule has 10 heteroatoms. The average Bonchev–Trinajstić information content (AvgIpc) is 2.99. The topological polar surface area (TPSA) is 96.0 Å². The van der Waals surface area contributed by atoms with Crippen LogP contribution in [0.4, 0.5) is 5.69 Å². The molecule has 2 amide bonds. The van der Waals surface area contributed by atoms with E-state index in [0.717, 1.165) is 47.5 Å². The number of rotatable bonds is 11. The minimum Gasteiger partial charge on any atom is -0.497 e. The molecule has 1 fully saturated rings. The normalized spacial score (nSPS) is 14.6. The molecule has 1 N–H and O–H groups in total. The molecule has 1 aliphatic rings. The average molecular weight is 612 g/mol. The van der Waals surface area contributed by atoms with Crippen LogP contribution in [-0.4, -0.2) is 50.9 Å². The fourth-order valence-electron chi connectivity index (χ4n) is 5.07. The summed E-state index contributed by atoms with van der Waals surface area (Å²) in [6.07, 6.45) is 5.07. The first kappa shape index (κ1) is 31.4. The molecule has 42 heavy (non-hydrogen) atoms. The van der Waals surface area contributed by atoms with Crippen LogP contribution in [0.5, 0.6) is 5.75 Å². The van der Waals surface area contributed by atoms with Gasteiger partial charge in [0.1, 0.15) is 18.3 Å². The van der Waals surface area contributed by atoms with Crippen molar-refractivity contribution in [1.82, 2.24) is 10.2 Å². The van der Waals surface area contributed by atoms with Crippen LogP contribution < -0.4 is 14.4 Å². The van der Waals surface area contributed by atoms with E-state index in [-0.39, 0.29) is 29.1 Å². The third-order valence-corrected chi connectivity index (χ3v) is 9.65. The molecule has 0 heterocycles. The van der Waals surface area contributed by atoms with Gasteiger partial charge in [-0.25, -0.2) is 8.42 Å². The number of anilines is 1. The molecule has 0 aromatic heterocycles. The van der Waals surface area contributed by atoms with Crippen LogP contribution in [0.1, 0.15) is 50.2 Å². The molecule has 1 atom stereocenters. The standard InChI is InChI=1S/C32H38ClN3O5S/c1-23-12-18-30(19-13-23)42(39,40)36(28-10-7-11-29(20-28)41-3)22-31(37)35(21-25-14-16-26(33)17-15-25)24(2)32(38)34-27-8-5-4-6-9-27/h7,10-20,24,27H,4-6,8-9,21-22H2,1-3H3,(H,34,38)/t24-/m0/s1. The molecule has 3 aromatic carbocycles. The SMILES string of the molecule is COc1cccc(N(CC(=O)N(Cc2ccc(Cl)cc2)[C@@H](C)C(=O)NC2CCCCC2)S(=O)(=O)c2ccc(C)cc2)c1. The summed E-state index contributed by atoms with van der Waals surface area (Å²) in [7, 11) is -2.67. The van der Waals surface area contributed by atoms with Gasteiger partial charge in [0, 0.05) is 23.7 Å². The first-order valence-electron chi connectivity index (χ1n) is 14.2. The van der Waals surface area contributed by atoms with Crippen molar-refractivity contribution in [3.63, 3.8) is 0 Å². The van der Waals surface area contributed by atoms with Gasteiger partial charge in [-0.2, -0.15) is 0 Å². The lowest BCUT2D eigenvalue weighted by Gasteiger charge is -2.33. The maximum Gasteiger partial charge on any atom is 0.264 e. The Morgan fingerprint density at radius 2 is 1.67 bits per heavy atom. The van der Waals surface area contributed by atoms with Crippen molar-refractivity contribution < 1.29 is 22.7 Å². The molecule has 0 saturated heterocycles. The van der Waals surface area contributed by atoms with E-state index >= 15 is 0 Å². The Morgan fingerprint density at radius 1 is 1.00 bits per heavy atom. The van der Waals surface area contributed by atoms with Crippen molar-refractivity contribution in [2.75, 3.05) is 18.0 Å². The number of hydrogen-bond acceptors (Lipinski definition) is 5. The van der Waals surface area contributed by atoms with Crippen LogP contribution >= 0.6 is 11.6 Å². The molecule has 0 unspecified atom stereocenters. The molecule has 4 rings (SSSR count). The highest BCUT2D eigenvalue weighted by molar-refractivity contribution is 7.92. The smallest absolute Gasteiger partial charge is 0.264 e. The number of ether oxygens (including phenoxy) is 1. The Balaban J connectivity index is 1.68. The Kier molecular flexibility index (Phi) is 10.5. The highest BCUT2D eigenvalue weighted by Crippen LogP contribution is 2.28. The van der Waals surface area contributed by atoms with Crippen molar-refractivity contribution in [1.29, 1.82) is 0 Å². The van der Waals surface area contributed by atoms with Crippen LogP contribution in [0, 0.1) is 6.92 Å². The van der Waals surface area contributed by atoms with Crippen LogP contribution in [0.15, 0.2) is 77.7 Å². The summed E-state index contributed by atoms with van der Waals surface area (Å²) in [5.74, 6) is -0.337. The first-order valence-corrected chi connectivity index (χ1v) is 16.0. The monoisotopic (exact) mass is 611 g/mol. The first-order chi connectivity index (χ1) is 20.1. The van der Waals surface area contributed by atoms with Crippen LogP contribution in [0.25, 0.3) is 0 Å². The number of carbonyl (C=O) groups excluding carboxylic acids is 2. The Bertz CT molecular complexity index is 1470. The fraction of sp³-hybridized carbons (Fsp3) is 0.375. The maximum atomic E-state index is 14.1. The zero-order chi connectivity index (χ0) is 30.3. The van der Waals surface area contributed by atoms with Crippen LogP contribution in [0.3, 0.4) is 0 Å². The van der Waals surface area contributed by atoms with Gasteiger partial charge >= 0.3 is 0 Å². The van der Waals surface area contributed by atoms with Crippen molar-refractivity contribution >= 4 is 39.1 Å². The summed E-state index contributed by atoms with van der Waals surface area (Å²) in [6.45, 7) is 3.13. The van der Waals surface area contributed by atoms with Crippen molar-refractivity contribution in [3.8, 4) is 5.75 Å². The van der Waals surface area contributed by atoms with E-state index in [1.165, 1.54) is 24.1 Å². The molecular formula is C32H38ClN3O5S. The van der Waals surface area contributed by atoms with Gasteiger partial charge in [0.05, 0.1) is 17.7 Å².